The smallest absolute Gasteiger partial charge is 0.306 e. The van der Waals surface area contributed by atoms with Gasteiger partial charge in [0.05, 0.1) is 26.9 Å². The highest BCUT2D eigenvalue weighted by Gasteiger charge is 2.31. The van der Waals surface area contributed by atoms with E-state index in [0.29, 0.717) is 5.69 Å². The lowest BCUT2D eigenvalue weighted by atomic mass is 10.2. The Morgan fingerprint density at radius 2 is 1.81 bits per heavy atom. The minimum atomic E-state index is -4.59. The van der Waals surface area contributed by atoms with Gasteiger partial charge in [-0.15, -0.1) is 0 Å². The number of nitrogens with one attached hydrogen (secondary N) is 1. The number of hydrogen-bond acceptors (Lipinski definition) is 4. The molecule has 0 saturated heterocycles. The number of hydrogen-bond donors (Lipinski definition) is 1. The van der Waals surface area contributed by atoms with Crippen molar-refractivity contribution in [3.63, 3.8) is 0 Å². The van der Waals surface area contributed by atoms with E-state index in [1.54, 1.807) is 6.92 Å². The highest BCUT2D eigenvalue weighted by Crippen LogP contribution is 2.34. The lowest BCUT2D eigenvalue weighted by Crippen LogP contribution is -2.23. The molecule has 3 aromatic rings. The highest BCUT2D eigenvalue weighted by molar-refractivity contribution is 7.89. The molecule has 3 rings (SSSR count). The molecular weight excluding hydrogens is 469 g/mol. The van der Waals surface area contributed by atoms with Crippen molar-refractivity contribution in [2.45, 2.75) is 18.0 Å². The molecule has 1 heterocycles. The molecule has 170 valence electrons. The van der Waals surface area contributed by atoms with Crippen LogP contribution in [0.3, 0.4) is 0 Å². The van der Waals surface area contributed by atoms with Crippen LogP contribution in [-0.2, 0) is 16.2 Å². The van der Waals surface area contributed by atoms with Gasteiger partial charge in [-0.3, -0.25) is 4.79 Å². The van der Waals surface area contributed by atoms with Crippen molar-refractivity contribution in [1.82, 2.24) is 14.1 Å². The Bertz CT molecular complexity index is 1290. The van der Waals surface area contributed by atoms with E-state index in [1.165, 1.54) is 44.4 Å². The number of halogens is 4. The average Bonchev–Trinajstić information content (AvgIpc) is 3.07. The zero-order valence-corrected chi connectivity index (χ0v) is 18.7. The Morgan fingerprint density at radius 3 is 2.44 bits per heavy atom. The van der Waals surface area contributed by atoms with Gasteiger partial charge in [-0.05, 0) is 43.3 Å². The first kappa shape index (κ1) is 23.8. The van der Waals surface area contributed by atoms with Crippen molar-refractivity contribution in [2.75, 3.05) is 19.4 Å². The first-order valence-corrected chi connectivity index (χ1v) is 10.9. The molecule has 0 aliphatic heterocycles. The minimum Gasteiger partial charge on any atom is -0.306 e. The topological polar surface area (TPSA) is 84.3 Å². The second kappa shape index (κ2) is 8.57. The van der Waals surface area contributed by atoms with Gasteiger partial charge < -0.3 is 5.32 Å². The Labute approximate surface area is 187 Å². The van der Waals surface area contributed by atoms with E-state index in [1.807, 2.05) is 0 Å². The van der Waals surface area contributed by atoms with Gasteiger partial charge in [-0.2, -0.15) is 18.3 Å². The fourth-order valence-electron chi connectivity index (χ4n) is 2.82. The number of aryl methyl sites for hydroxylation is 1. The molecule has 2 aromatic carbocycles. The summed E-state index contributed by atoms with van der Waals surface area (Å²) in [5.41, 5.74) is -0.552. The van der Waals surface area contributed by atoms with E-state index in [-0.39, 0.29) is 27.0 Å². The van der Waals surface area contributed by atoms with Crippen molar-refractivity contribution in [2.24, 2.45) is 0 Å². The van der Waals surface area contributed by atoms with E-state index >= 15 is 0 Å². The summed E-state index contributed by atoms with van der Waals surface area (Å²) >= 11 is 6.10. The summed E-state index contributed by atoms with van der Waals surface area (Å²) in [5.74, 6) is -0.611. The molecule has 0 aliphatic rings. The van der Waals surface area contributed by atoms with Gasteiger partial charge >= 0.3 is 6.18 Å². The number of benzene rings is 2. The molecule has 0 bridgehead atoms. The Morgan fingerprint density at radius 1 is 1.12 bits per heavy atom. The molecule has 0 aliphatic carbocycles. The van der Waals surface area contributed by atoms with Crippen LogP contribution in [0.5, 0.6) is 0 Å². The second-order valence-electron chi connectivity index (χ2n) is 7.02. The summed E-state index contributed by atoms with van der Waals surface area (Å²) in [6.07, 6.45) is -4.59. The van der Waals surface area contributed by atoms with Gasteiger partial charge in [0.15, 0.2) is 0 Å². The summed E-state index contributed by atoms with van der Waals surface area (Å²) in [7, 11) is -1.04. The first-order valence-electron chi connectivity index (χ1n) is 9.08. The molecule has 0 atom stereocenters. The van der Waals surface area contributed by atoms with Crippen molar-refractivity contribution >= 4 is 33.3 Å². The number of carbonyl (C=O) groups is 1. The van der Waals surface area contributed by atoms with Crippen LogP contribution in [0.25, 0.3) is 5.69 Å². The number of carbonyl (C=O) groups excluding carboxylic acids is 1. The van der Waals surface area contributed by atoms with Crippen LogP contribution in [0.4, 0.5) is 19.0 Å². The number of amides is 1. The monoisotopic (exact) mass is 486 g/mol. The molecule has 0 spiro atoms. The number of anilines is 1. The van der Waals surface area contributed by atoms with Gasteiger partial charge in [0.25, 0.3) is 5.91 Å². The lowest BCUT2D eigenvalue weighted by molar-refractivity contribution is -0.137. The Kier molecular flexibility index (Phi) is 6.36. The number of alkyl halides is 3. The fraction of sp³-hybridized carbons (Fsp3) is 0.200. The average molecular weight is 487 g/mol. The third kappa shape index (κ3) is 4.79. The van der Waals surface area contributed by atoms with Crippen molar-refractivity contribution in [1.29, 1.82) is 0 Å². The molecule has 0 fully saturated rings. The summed E-state index contributed by atoms with van der Waals surface area (Å²) in [5, 5.41) is 6.69. The predicted molar refractivity (Wildman–Crippen MR) is 114 cm³/mol. The van der Waals surface area contributed by atoms with E-state index in [4.69, 9.17) is 11.6 Å². The van der Waals surface area contributed by atoms with Gasteiger partial charge in [-0.25, -0.2) is 17.4 Å². The van der Waals surface area contributed by atoms with E-state index in [2.05, 4.69) is 10.4 Å². The molecule has 0 saturated carbocycles. The second-order valence-corrected chi connectivity index (χ2v) is 9.58. The summed E-state index contributed by atoms with van der Waals surface area (Å²) in [4.78, 5) is 12.7. The summed E-state index contributed by atoms with van der Waals surface area (Å²) in [6, 6.07) is 9.60. The van der Waals surface area contributed by atoms with Crippen molar-refractivity contribution in [3.05, 3.63) is 70.4 Å². The summed E-state index contributed by atoms with van der Waals surface area (Å²) < 4.78 is 66.2. The van der Waals surface area contributed by atoms with Gasteiger partial charge in [0.1, 0.15) is 5.82 Å². The van der Waals surface area contributed by atoms with Crippen LogP contribution in [0.1, 0.15) is 21.6 Å². The summed E-state index contributed by atoms with van der Waals surface area (Å²) in [6.45, 7) is 1.60. The molecule has 7 nitrogen and oxygen atoms in total. The molecule has 1 amide bonds. The predicted octanol–water partition coefficient (Wildman–Crippen LogP) is 4.36. The third-order valence-electron chi connectivity index (χ3n) is 4.45. The van der Waals surface area contributed by atoms with Crippen LogP contribution < -0.4 is 5.32 Å². The van der Waals surface area contributed by atoms with Crippen LogP contribution in [-0.4, -0.2) is 42.5 Å². The Hall–Kier alpha value is -2.89. The molecule has 0 unspecified atom stereocenters. The molecule has 1 aromatic heterocycles. The maximum Gasteiger partial charge on any atom is 0.416 e. The van der Waals surface area contributed by atoms with Crippen LogP contribution in [0.2, 0.25) is 5.02 Å². The van der Waals surface area contributed by atoms with Gasteiger partial charge in [0.2, 0.25) is 10.0 Å². The fourth-order valence-corrected chi connectivity index (χ4v) is 3.97. The van der Waals surface area contributed by atoms with Crippen molar-refractivity contribution < 1.29 is 26.4 Å². The number of rotatable bonds is 5. The lowest BCUT2D eigenvalue weighted by Gasteiger charge is -2.14. The van der Waals surface area contributed by atoms with E-state index in [9.17, 15) is 26.4 Å². The number of sulfonamides is 1. The van der Waals surface area contributed by atoms with Crippen LogP contribution in [0.15, 0.2) is 53.4 Å². The van der Waals surface area contributed by atoms with Crippen LogP contribution in [0, 0.1) is 6.92 Å². The standard InChI is InChI=1S/C20H18ClF3N4O3S/c1-12-9-18(28(26-12)17-11-14(20(22,23)24)7-8-16(17)21)25-19(29)13-5-4-6-15(10-13)32(30,31)27(2)3/h4-11H,1-3H3,(H,25,29). The SMILES string of the molecule is Cc1cc(NC(=O)c2cccc(S(=O)(=O)N(C)C)c2)n(-c2cc(C(F)(F)F)ccc2Cl)n1. The normalized spacial score (nSPS) is 12.2. The molecule has 1 N–H and O–H groups in total. The van der Waals surface area contributed by atoms with Crippen molar-refractivity contribution in [3.8, 4) is 5.69 Å². The largest absolute Gasteiger partial charge is 0.416 e. The zero-order chi connectivity index (χ0) is 23.8. The van der Waals surface area contributed by atoms with Gasteiger partial charge in [0, 0.05) is 25.7 Å². The first-order chi connectivity index (χ1) is 14.8. The zero-order valence-electron chi connectivity index (χ0n) is 17.1. The molecule has 0 radical (unpaired) electrons. The molecule has 12 heteroatoms. The minimum absolute atomic E-state index is 0.00401. The molecule has 32 heavy (non-hydrogen) atoms. The highest BCUT2D eigenvalue weighted by atomic mass is 35.5. The van der Waals surface area contributed by atoms with Crippen LogP contribution >= 0.6 is 11.6 Å². The maximum atomic E-state index is 13.1. The third-order valence-corrected chi connectivity index (χ3v) is 6.58. The maximum absolute atomic E-state index is 13.1. The van der Waals surface area contributed by atoms with Gasteiger partial charge in [-0.1, -0.05) is 17.7 Å². The molecular formula is C20H18ClF3N4O3S. The quantitative estimate of drug-likeness (QED) is 0.581. The Balaban J connectivity index is 1.99. The number of nitrogens with zero attached hydrogens (tertiary/aromatic N) is 3. The van der Waals surface area contributed by atoms with E-state index in [0.717, 1.165) is 27.2 Å². The number of aromatic nitrogens is 2. The van der Waals surface area contributed by atoms with E-state index < -0.39 is 27.7 Å².